The summed E-state index contributed by atoms with van der Waals surface area (Å²) in [5, 5.41) is 2.78. The number of halogens is 2. The smallest absolute Gasteiger partial charge is 0.255 e. The first-order valence-corrected chi connectivity index (χ1v) is 10.5. The summed E-state index contributed by atoms with van der Waals surface area (Å²) < 4.78 is 1.97. The second-order valence-electron chi connectivity index (χ2n) is 6.35. The summed E-state index contributed by atoms with van der Waals surface area (Å²) >= 11 is 6.88. The Morgan fingerprint density at radius 3 is 2.41 bits per heavy atom. The van der Waals surface area contributed by atoms with Gasteiger partial charge in [-0.1, -0.05) is 41.9 Å². The number of nitrogens with one attached hydrogen (secondary N) is 1. The predicted octanol–water partition coefficient (Wildman–Crippen LogP) is 5.37. The van der Waals surface area contributed by atoms with Crippen molar-refractivity contribution in [1.82, 2.24) is 10.2 Å². The van der Waals surface area contributed by atoms with E-state index in [1.807, 2.05) is 52.9 Å². The number of amides is 2. The number of carbonyl (C=O) groups is 2. The van der Waals surface area contributed by atoms with E-state index < -0.39 is 0 Å². The molecule has 0 saturated heterocycles. The minimum Gasteiger partial charge on any atom is -0.348 e. The van der Waals surface area contributed by atoms with Crippen LogP contribution in [0.2, 0.25) is 0 Å². The summed E-state index contributed by atoms with van der Waals surface area (Å²) in [6.45, 7) is 9.44. The van der Waals surface area contributed by atoms with E-state index >= 15 is 0 Å². The first kappa shape index (κ1) is 21.6. The quantitative estimate of drug-likeness (QED) is 0.534. The van der Waals surface area contributed by atoms with Gasteiger partial charge in [0.2, 0.25) is 0 Å². The van der Waals surface area contributed by atoms with Crippen molar-refractivity contribution in [2.45, 2.75) is 40.8 Å². The summed E-state index contributed by atoms with van der Waals surface area (Å²) in [5.74, 6) is 0.146. The van der Waals surface area contributed by atoms with Crippen LogP contribution in [0.1, 0.15) is 56.8 Å². The molecule has 0 bridgehead atoms. The third-order valence-corrected chi connectivity index (χ3v) is 6.12. The molecule has 144 valence electrons. The molecule has 4 nitrogen and oxygen atoms in total. The maximum atomic E-state index is 11.6. The van der Waals surface area contributed by atoms with Crippen molar-refractivity contribution in [3.63, 3.8) is 0 Å². The van der Waals surface area contributed by atoms with Crippen molar-refractivity contribution in [1.29, 1.82) is 0 Å². The van der Waals surface area contributed by atoms with Crippen molar-refractivity contribution in [2.24, 2.45) is 0 Å². The van der Waals surface area contributed by atoms with E-state index in [1.165, 1.54) is 11.1 Å². The van der Waals surface area contributed by atoms with Gasteiger partial charge in [0.05, 0.1) is 5.56 Å². The highest BCUT2D eigenvalue weighted by molar-refractivity contribution is 9.10. The SMILES string of the molecule is CC.Cc1cc(Br)c2c(c1)CN(C)C2=O.Cc1ccc2c(c1Br)CNC2=O. The number of hydrogen-bond donors (Lipinski definition) is 1. The fraction of sp³-hybridized carbons (Fsp3) is 0.333. The van der Waals surface area contributed by atoms with E-state index in [4.69, 9.17) is 0 Å². The fourth-order valence-electron chi connectivity index (χ4n) is 3.08. The Hall–Kier alpha value is -1.66. The highest BCUT2D eigenvalue weighted by Gasteiger charge is 2.26. The van der Waals surface area contributed by atoms with Crippen molar-refractivity contribution in [3.05, 3.63) is 66.6 Å². The maximum absolute atomic E-state index is 11.6. The lowest BCUT2D eigenvalue weighted by molar-refractivity contribution is 0.0815. The van der Waals surface area contributed by atoms with Gasteiger partial charge in [-0.2, -0.15) is 0 Å². The first-order valence-electron chi connectivity index (χ1n) is 8.90. The number of aryl methyl sites for hydroxylation is 2. The summed E-state index contributed by atoms with van der Waals surface area (Å²) in [6.07, 6.45) is 0. The van der Waals surface area contributed by atoms with Crippen LogP contribution in [0.4, 0.5) is 0 Å². The molecule has 0 aliphatic carbocycles. The van der Waals surface area contributed by atoms with Crippen LogP contribution >= 0.6 is 31.9 Å². The lowest BCUT2D eigenvalue weighted by Crippen LogP contribution is -2.17. The minimum absolute atomic E-state index is 0.0331. The van der Waals surface area contributed by atoms with Crippen LogP contribution in [0.15, 0.2) is 33.2 Å². The van der Waals surface area contributed by atoms with E-state index in [0.717, 1.165) is 37.7 Å². The summed E-state index contributed by atoms with van der Waals surface area (Å²) in [7, 11) is 1.82. The molecule has 2 amide bonds. The molecule has 27 heavy (non-hydrogen) atoms. The molecule has 0 saturated carbocycles. The van der Waals surface area contributed by atoms with Gasteiger partial charge in [0.15, 0.2) is 0 Å². The Balaban J connectivity index is 0.000000178. The van der Waals surface area contributed by atoms with E-state index in [9.17, 15) is 9.59 Å². The molecular formula is C21H24Br2N2O2. The number of fused-ring (bicyclic) bond motifs is 2. The largest absolute Gasteiger partial charge is 0.348 e. The molecule has 0 atom stereocenters. The van der Waals surface area contributed by atoms with Crippen molar-refractivity contribution in [3.8, 4) is 0 Å². The highest BCUT2D eigenvalue weighted by Crippen LogP contribution is 2.30. The van der Waals surface area contributed by atoms with Gasteiger partial charge in [0.25, 0.3) is 11.8 Å². The molecule has 1 N–H and O–H groups in total. The molecule has 2 aromatic carbocycles. The van der Waals surface area contributed by atoms with Crippen LogP contribution in [0.25, 0.3) is 0 Å². The second kappa shape index (κ2) is 9.02. The Morgan fingerprint density at radius 2 is 1.74 bits per heavy atom. The van der Waals surface area contributed by atoms with Gasteiger partial charge in [-0.15, -0.1) is 0 Å². The van der Waals surface area contributed by atoms with Gasteiger partial charge in [0, 0.05) is 34.6 Å². The van der Waals surface area contributed by atoms with Crippen LogP contribution in [0, 0.1) is 13.8 Å². The summed E-state index contributed by atoms with van der Waals surface area (Å²) in [4.78, 5) is 24.6. The van der Waals surface area contributed by atoms with Crippen LogP contribution in [-0.4, -0.2) is 23.8 Å². The fourth-order valence-corrected chi connectivity index (χ4v) is 4.36. The number of benzene rings is 2. The number of nitrogens with zero attached hydrogens (tertiary/aromatic N) is 1. The van der Waals surface area contributed by atoms with E-state index in [1.54, 1.807) is 4.90 Å². The minimum atomic E-state index is 0.0331. The van der Waals surface area contributed by atoms with Gasteiger partial charge in [-0.25, -0.2) is 0 Å². The van der Waals surface area contributed by atoms with Gasteiger partial charge in [-0.3, -0.25) is 9.59 Å². The zero-order valence-electron chi connectivity index (χ0n) is 16.2. The molecular weight excluding hydrogens is 472 g/mol. The average molecular weight is 496 g/mol. The molecule has 2 aromatic rings. The van der Waals surface area contributed by atoms with Crippen LogP contribution in [-0.2, 0) is 13.1 Å². The molecule has 0 fully saturated rings. The normalized spacial score (nSPS) is 13.8. The summed E-state index contributed by atoms with van der Waals surface area (Å²) in [6, 6.07) is 7.88. The van der Waals surface area contributed by atoms with Crippen LogP contribution in [0.3, 0.4) is 0 Å². The monoisotopic (exact) mass is 494 g/mol. The molecule has 0 radical (unpaired) electrons. The molecule has 0 unspecified atom stereocenters. The number of rotatable bonds is 0. The van der Waals surface area contributed by atoms with Crippen LogP contribution in [0.5, 0.6) is 0 Å². The molecule has 2 heterocycles. The number of carbonyl (C=O) groups excluding carboxylic acids is 2. The average Bonchev–Trinajstić information content (AvgIpc) is 3.14. The molecule has 2 aliphatic heterocycles. The highest BCUT2D eigenvalue weighted by atomic mass is 79.9. The zero-order chi connectivity index (χ0) is 20.3. The van der Waals surface area contributed by atoms with Crippen LogP contribution < -0.4 is 5.32 Å². The third kappa shape index (κ3) is 4.43. The Labute approximate surface area is 177 Å². The zero-order valence-corrected chi connectivity index (χ0v) is 19.4. The second-order valence-corrected chi connectivity index (χ2v) is 7.99. The maximum Gasteiger partial charge on any atom is 0.255 e. The van der Waals surface area contributed by atoms with Gasteiger partial charge >= 0.3 is 0 Å². The molecule has 0 aromatic heterocycles. The number of hydrogen-bond acceptors (Lipinski definition) is 2. The van der Waals surface area contributed by atoms with E-state index in [2.05, 4.69) is 43.2 Å². The Kier molecular flexibility index (Phi) is 7.23. The lowest BCUT2D eigenvalue weighted by atomic mass is 10.1. The third-order valence-electron chi connectivity index (χ3n) is 4.39. The Morgan fingerprint density at radius 1 is 1.07 bits per heavy atom. The molecule has 0 spiro atoms. The molecule has 4 rings (SSSR count). The van der Waals surface area contributed by atoms with Gasteiger partial charge < -0.3 is 10.2 Å². The topological polar surface area (TPSA) is 49.4 Å². The Bertz CT molecular complexity index is 894. The molecule has 2 aliphatic rings. The molecule has 6 heteroatoms. The predicted molar refractivity (Wildman–Crippen MR) is 116 cm³/mol. The lowest BCUT2D eigenvalue weighted by Gasteiger charge is -2.04. The van der Waals surface area contributed by atoms with Crippen molar-refractivity contribution >= 4 is 43.7 Å². The van der Waals surface area contributed by atoms with Gasteiger partial charge in [-0.05, 0) is 64.2 Å². The van der Waals surface area contributed by atoms with Crippen molar-refractivity contribution in [2.75, 3.05) is 7.05 Å². The van der Waals surface area contributed by atoms with E-state index in [0.29, 0.717) is 6.54 Å². The van der Waals surface area contributed by atoms with Crippen molar-refractivity contribution < 1.29 is 9.59 Å². The van der Waals surface area contributed by atoms with E-state index in [-0.39, 0.29) is 11.8 Å². The van der Waals surface area contributed by atoms with Gasteiger partial charge in [0.1, 0.15) is 0 Å². The standard InChI is InChI=1S/C10H10BrNO.C9H8BrNO.C2H6/c1-6-3-7-5-12(2)10(13)9(7)8(11)4-6;1-5-2-3-6-7(8(5)10)4-11-9(6)12;1-2/h3-4H,5H2,1-2H3;2-3H,4H2,1H3,(H,11,12);1-2H3. The summed E-state index contributed by atoms with van der Waals surface area (Å²) in [5.41, 5.74) is 6.19. The first-order chi connectivity index (χ1) is 12.8.